The van der Waals surface area contributed by atoms with Gasteiger partial charge >= 0.3 is 0 Å². The minimum atomic E-state index is 0. The number of carbonyl (C=O) groups excluding carboxylic acids is 1. The lowest BCUT2D eigenvalue weighted by Gasteiger charge is -2.35. The van der Waals surface area contributed by atoms with E-state index in [9.17, 15) is 4.79 Å². The molecule has 0 unspecified atom stereocenters. The third-order valence-electron chi connectivity index (χ3n) is 5.20. The first-order valence-electron chi connectivity index (χ1n) is 9.51. The first-order chi connectivity index (χ1) is 13.3. The number of para-hydroxylation sites is 2. The monoisotopic (exact) mass is 455 g/mol. The number of anilines is 2. The number of hydrogen-bond donors (Lipinski definition) is 1. The van der Waals surface area contributed by atoms with Crippen molar-refractivity contribution in [2.75, 3.05) is 50.8 Å². The molecule has 158 valence electrons. The predicted molar refractivity (Wildman–Crippen MR) is 123 cm³/mol. The Morgan fingerprint density at radius 3 is 1.83 bits per heavy atom. The molecule has 0 aliphatic carbocycles. The van der Waals surface area contributed by atoms with Crippen molar-refractivity contribution in [3.05, 3.63) is 48.5 Å². The average molecular weight is 456 g/mol. The summed E-state index contributed by atoms with van der Waals surface area (Å²) in [5, 5.41) is 9.06. The van der Waals surface area contributed by atoms with Crippen molar-refractivity contribution in [1.82, 2.24) is 9.80 Å². The van der Waals surface area contributed by atoms with Crippen molar-refractivity contribution in [3.63, 3.8) is 0 Å². The number of piperazine rings is 1. The van der Waals surface area contributed by atoms with Gasteiger partial charge in [0.15, 0.2) is 0 Å². The van der Waals surface area contributed by atoms with Gasteiger partial charge in [-0.2, -0.15) is 0 Å². The van der Waals surface area contributed by atoms with Gasteiger partial charge in [-0.15, -0.1) is 24.8 Å². The van der Waals surface area contributed by atoms with Crippen molar-refractivity contribution in [1.29, 1.82) is 0 Å². The van der Waals surface area contributed by atoms with Gasteiger partial charge in [-0.3, -0.25) is 14.6 Å². The Labute approximate surface area is 188 Å². The zero-order valence-electron chi connectivity index (χ0n) is 16.2. The Kier molecular flexibility index (Phi) is 9.27. The van der Waals surface area contributed by atoms with Crippen LogP contribution in [0.1, 0.15) is 6.42 Å². The summed E-state index contributed by atoms with van der Waals surface area (Å²) in [5.74, 6) is 0.146. The van der Waals surface area contributed by atoms with Crippen LogP contribution in [-0.4, -0.2) is 66.7 Å². The topological polar surface area (TPSA) is 47.0 Å². The van der Waals surface area contributed by atoms with E-state index in [-0.39, 0.29) is 37.3 Å². The van der Waals surface area contributed by atoms with E-state index in [1.54, 1.807) is 11.8 Å². The fourth-order valence-electron chi connectivity index (χ4n) is 3.72. The molecule has 2 aliphatic heterocycles. The van der Waals surface area contributed by atoms with E-state index in [1.165, 1.54) is 0 Å². The number of rotatable bonds is 5. The van der Waals surface area contributed by atoms with Gasteiger partial charge in [0.1, 0.15) is 0 Å². The number of halogens is 2. The fraction of sp³-hybridized carbons (Fsp3) is 0.381. The van der Waals surface area contributed by atoms with Gasteiger partial charge in [-0.05, 0) is 24.3 Å². The number of benzene rings is 2. The summed E-state index contributed by atoms with van der Waals surface area (Å²) in [5.41, 5.74) is 1.97. The Hall–Kier alpha value is -1.28. The van der Waals surface area contributed by atoms with Crippen LogP contribution in [0.4, 0.5) is 11.4 Å². The quantitative estimate of drug-likeness (QED) is 0.744. The molecule has 2 heterocycles. The second kappa shape index (κ2) is 11.2. The zero-order valence-corrected chi connectivity index (χ0v) is 18.6. The van der Waals surface area contributed by atoms with Crippen LogP contribution in [-0.2, 0) is 4.79 Å². The van der Waals surface area contributed by atoms with Crippen LogP contribution in [0.2, 0.25) is 0 Å². The van der Waals surface area contributed by atoms with E-state index < -0.39 is 0 Å². The lowest BCUT2D eigenvalue weighted by atomic mass is 10.2. The first-order valence-corrected chi connectivity index (χ1v) is 10.3. The summed E-state index contributed by atoms with van der Waals surface area (Å²) in [6.07, 6.45) is 0.507. The van der Waals surface area contributed by atoms with Crippen molar-refractivity contribution in [3.8, 4) is 0 Å². The molecule has 0 bridgehead atoms. The number of aliphatic hydroxyl groups excluding tert-OH is 1. The number of aliphatic hydroxyl groups is 1. The van der Waals surface area contributed by atoms with E-state index in [4.69, 9.17) is 5.11 Å². The Bertz CT molecular complexity index is 771. The van der Waals surface area contributed by atoms with Crippen molar-refractivity contribution < 1.29 is 9.90 Å². The average Bonchev–Trinajstić information content (AvgIpc) is 2.71. The standard InChI is InChI=1S/C21H25N3O2S.2ClH/c25-16-15-23-13-11-22(12-14-23)10-9-21(26)24-17-5-1-3-7-19(17)27-20-8-4-2-6-18(20)24;;/h1-8,25H,9-16H2;2*1H. The van der Waals surface area contributed by atoms with Crippen LogP contribution in [0, 0.1) is 0 Å². The van der Waals surface area contributed by atoms with Crippen LogP contribution in [0.5, 0.6) is 0 Å². The Morgan fingerprint density at radius 1 is 0.828 bits per heavy atom. The molecule has 8 heteroatoms. The fourth-order valence-corrected chi connectivity index (χ4v) is 4.77. The van der Waals surface area contributed by atoms with Gasteiger partial charge in [0.25, 0.3) is 0 Å². The Morgan fingerprint density at radius 2 is 1.31 bits per heavy atom. The summed E-state index contributed by atoms with van der Waals surface area (Å²) in [7, 11) is 0. The lowest BCUT2D eigenvalue weighted by molar-refractivity contribution is -0.118. The number of carbonyl (C=O) groups is 1. The molecular weight excluding hydrogens is 429 g/mol. The van der Waals surface area contributed by atoms with Crippen LogP contribution >= 0.6 is 36.6 Å². The molecule has 2 aromatic carbocycles. The van der Waals surface area contributed by atoms with Gasteiger partial charge in [0, 0.05) is 55.5 Å². The second-order valence-corrected chi connectivity index (χ2v) is 8.01. The van der Waals surface area contributed by atoms with Crippen LogP contribution < -0.4 is 4.90 Å². The molecule has 5 nitrogen and oxygen atoms in total. The highest BCUT2D eigenvalue weighted by Gasteiger charge is 2.28. The summed E-state index contributed by atoms with van der Waals surface area (Å²) in [4.78, 5) is 21.9. The molecule has 1 saturated heterocycles. The smallest absolute Gasteiger partial charge is 0.232 e. The van der Waals surface area contributed by atoms with Crippen LogP contribution in [0.15, 0.2) is 58.3 Å². The molecule has 29 heavy (non-hydrogen) atoms. The van der Waals surface area contributed by atoms with Gasteiger partial charge in [0.05, 0.1) is 18.0 Å². The molecule has 0 saturated carbocycles. The molecule has 0 atom stereocenters. The van der Waals surface area contributed by atoms with Gasteiger partial charge < -0.3 is 10.0 Å². The number of amides is 1. The zero-order chi connectivity index (χ0) is 18.6. The highest BCUT2D eigenvalue weighted by Crippen LogP contribution is 2.48. The van der Waals surface area contributed by atoms with E-state index >= 15 is 0 Å². The summed E-state index contributed by atoms with van der Waals surface area (Å²) < 4.78 is 0. The van der Waals surface area contributed by atoms with Gasteiger partial charge in [0.2, 0.25) is 5.91 Å². The normalized spacial score (nSPS) is 16.2. The van der Waals surface area contributed by atoms with E-state index in [1.807, 2.05) is 41.3 Å². The van der Waals surface area contributed by atoms with Crippen molar-refractivity contribution in [2.24, 2.45) is 0 Å². The van der Waals surface area contributed by atoms with Crippen molar-refractivity contribution in [2.45, 2.75) is 16.2 Å². The summed E-state index contributed by atoms with van der Waals surface area (Å²) in [6.45, 7) is 5.56. The number of hydrogen-bond acceptors (Lipinski definition) is 5. The third kappa shape index (κ3) is 5.45. The maximum absolute atomic E-state index is 13.2. The summed E-state index contributed by atoms with van der Waals surface area (Å²) in [6, 6.07) is 16.3. The molecule has 2 aliphatic rings. The molecule has 0 radical (unpaired) electrons. The second-order valence-electron chi connectivity index (χ2n) is 6.92. The summed E-state index contributed by atoms with van der Waals surface area (Å²) >= 11 is 1.72. The van der Waals surface area contributed by atoms with Crippen LogP contribution in [0.3, 0.4) is 0 Å². The molecule has 0 spiro atoms. The minimum Gasteiger partial charge on any atom is -0.395 e. The van der Waals surface area contributed by atoms with Crippen molar-refractivity contribution >= 4 is 53.9 Å². The van der Waals surface area contributed by atoms with E-state index in [0.717, 1.165) is 60.4 Å². The van der Waals surface area contributed by atoms with E-state index in [0.29, 0.717) is 6.42 Å². The minimum absolute atomic E-state index is 0. The highest BCUT2D eigenvalue weighted by atomic mass is 35.5. The largest absolute Gasteiger partial charge is 0.395 e. The third-order valence-corrected chi connectivity index (χ3v) is 6.33. The van der Waals surface area contributed by atoms with E-state index in [2.05, 4.69) is 21.9 Å². The van der Waals surface area contributed by atoms with Crippen LogP contribution in [0.25, 0.3) is 0 Å². The van der Waals surface area contributed by atoms with Gasteiger partial charge in [-0.1, -0.05) is 36.0 Å². The molecule has 1 amide bonds. The first kappa shape index (κ1) is 24.0. The maximum Gasteiger partial charge on any atom is 0.232 e. The maximum atomic E-state index is 13.2. The molecule has 0 aromatic heterocycles. The highest BCUT2D eigenvalue weighted by molar-refractivity contribution is 7.99. The molecule has 1 fully saturated rings. The SMILES string of the molecule is Cl.Cl.O=C(CCN1CCN(CCO)CC1)N1c2ccccc2Sc2ccccc21. The molecular formula is C21H27Cl2N3O2S. The number of fused-ring (bicyclic) bond motifs is 2. The molecule has 1 N–H and O–H groups in total. The number of nitrogens with zero attached hydrogens (tertiary/aromatic N) is 3. The number of β-amino-alcohol motifs (C(OH)–C–C–N with tert-alkyl or cyclic N) is 1. The lowest BCUT2D eigenvalue weighted by Crippen LogP contribution is -2.47. The molecule has 2 aromatic rings. The predicted octanol–water partition coefficient (Wildman–Crippen LogP) is 3.66. The molecule has 4 rings (SSSR count). The van der Waals surface area contributed by atoms with Gasteiger partial charge in [-0.25, -0.2) is 0 Å². The Balaban J connectivity index is 0.00000150.